The molecule has 0 saturated carbocycles. The normalized spacial score (nSPS) is 10.7. The third kappa shape index (κ3) is 3.68. The van der Waals surface area contributed by atoms with E-state index in [1.54, 1.807) is 16.4 Å². The number of aryl methyl sites for hydroxylation is 1. The van der Waals surface area contributed by atoms with Crippen LogP contribution in [-0.4, -0.2) is 20.6 Å². The Bertz CT molecular complexity index is 710. The molecule has 0 amide bonds. The van der Waals surface area contributed by atoms with Crippen LogP contribution in [0, 0.1) is 0 Å². The first-order valence-electron chi connectivity index (χ1n) is 7.23. The topological polar surface area (TPSA) is 56.7 Å². The number of nitrogens with two attached hydrogens (primary N) is 1. The Labute approximate surface area is 134 Å². The zero-order valence-corrected chi connectivity index (χ0v) is 13.0. The second kappa shape index (κ2) is 7.13. The number of rotatable bonds is 6. The molecular weight excluding hydrogens is 292 g/mol. The average Bonchev–Trinajstić information content (AvgIpc) is 2.90. The summed E-state index contributed by atoms with van der Waals surface area (Å²) >= 11 is 1.64. The van der Waals surface area contributed by atoms with Gasteiger partial charge in [-0.25, -0.2) is 4.68 Å². The van der Waals surface area contributed by atoms with Gasteiger partial charge in [-0.3, -0.25) is 0 Å². The Morgan fingerprint density at radius 2 is 1.50 bits per heavy atom. The molecule has 0 radical (unpaired) electrons. The number of thioether (sulfide) groups is 1. The van der Waals surface area contributed by atoms with Crippen molar-refractivity contribution >= 4 is 11.8 Å². The fourth-order valence-electron chi connectivity index (χ4n) is 2.21. The van der Waals surface area contributed by atoms with Crippen LogP contribution in [-0.2, 0) is 12.8 Å². The third-order valence-electron chi connectivity index (χ3n) is 3.40. The lowest BCUT2D eigenvalue weighted by atomic mass is 10.1. The summed E-state index contributed by atoms with van der Waals surface area (Å²) in [6.07, 6.45) is 1.69. The minimum absolute atomic E-state index is 0.698. The highest BCUT2D eigenvalue weighted by Crippen LogP contribution is 2.17. The van der Waals surface area contributed by atoms with Crippen molar-refractivity contribution in [2.24, 2.45) is 0 Å². The van der Waals surface area contributed by atoms with Crippen LogP contribution in [0.2, 0.25) is 0 Å². The lowest BCUT2D eigenvalue weighted by Crippen LogP contribution is -2.14. The largest absolute Gasteiger partial charge is 0.336 e. The first-order valence-corrected chi connectivity index (χ1v) is 8.21. The van der Waals surface area contributed by atoms with Crippen LogP contribution < -0.4 is 5.84 Å². The number of nitrogen functional groups attached to an aromatic ring is 1. The lowest BCUT2D eigenvalue weighted by Gasteiger charge is -2.04. The molecule has 0 bridgehead atoms. The van der Waals surface area contributed by atoms with E-state index in [0.29, 0.717) is 6.42 Å². The van der Waals surface area contributed by atoms with Crippen molar-refractivity contribution in [3.05, 3.63) is 77.6 Å². The Hall–Kier alpha value is -2.27. The van der Waals surface area contributed by atoms with Crippen molar-refractivity contribution in [2.45, 2.75) is 18.0 Å². The SMILES string of the molecule is Nn1c(Cc2ccccc2)nnc1SCCc1ccccc1. The second-order valence-electron chi connectivity index (χ2n) is 5.02. The zero-order valence-electron chi connectivity index (χ0n) is 12.2. The van der Waals surface area contributed by atoms with Crippen LogP contribution >= 0.6 is 11.8 Å². The van der Waals surface area contributed by atoms with Gasteiger partial charge in [0.05, 0.1) is 0 Å². The first-order chi connectivity index (χ1) is 10.8. The highest BCUT2D eigenvalue weighted by Gasteiger charge is 2.10. The monoisotopic (exact) mass is 310 g/mol. The summed E-state index contributed by atoms with van der Waals surface area (Å²) in [7, 11) is 0. The molecule has 4 nitrogen and oxygen atoms in total. The molecule has 22 heavy (non-hydrogen) atoms. The van der Waals surface area contributed by atoms with Gasteiger partial charge in [-0.15, -0.1) is 10.2 Å². The van der Waals surface area contributed by atoms with Crippen molar-refractivity contribution in [3.8, 4) is 0 Å². The number of hydrogen-bond acceptors (Lipinski definition) is 4. The van der Waals surface area contributed by atoms with Gasteiger partial charge in [0.25, 0.3) is 0 Å². The third-order valence-corrected chi connectivity index (χ3v) is 4.35. The Kier molecular flexibility index (Phi) is 4.75. The summed E-state index contributed by atoms with van der Waals surface area (Å²) in [5.41, 5.74) is 2.50. The fraction of sp³-hybridized carbons (Fsp3) is 0.176. The fourth-order valence-corrected chi connectivity index (χ4v) is 3.07. The van der Waals surface area contributed by atoms with Crippen molar-refractivity contribution in [3.63, 3.8) is 0 Å². The van der Waals surface area contributed by atoms with Crippen molar-refractivity contribution in [1.29, 1.82) is 0 Å². The van der Waals surface area contributed by atoms with E-state index < -0.39 is 0 Å². The van der Waals surface area contributed by atoms with E-state index in [9.17, 15) is 0 Å². The molecule has 0 aliphatic heterocycles. The van der Waals surface area contributed by atoms with Gasteiger partial charge in [0.15, 0.2) is 5.82 Å². The standard InChI is InChI=1S/C17H18N4S/c18-21-16(13-15-9-5-2-6-10-15)19-20-17(21)22-12-11-14-7-3-1-4-8-14/h1-10H,11-13,18H2. The van der Waals surface area contributed by atoms with Crippen LogP contribution in [0.25, 0.3) is 0 Å². The molecule has 0 aliphatic carbocycles. The Morgan fingerprint density at radius 1 is 0.864 bits per heavy atom. The maximum absolute atomic E-state index is 6.10. The molecule has 112 valence electrons. The summed E-state index contributed by atoms with van der Waals surface area (Å²) < 4.78 is 1.60. The molecule has 0 atom stereocenters. The van der Waals surface area contributed by atoms with Crippen molar-refractivity contribution < 1.29 is 0 Å². The van der Waals surface area contributed by atoms with Crippen LogP contribution in [0.3, 0.4) is 0 Å². The van der Waals surface area contributed by atoms with Gasteiger partial charge in [-0.1, -0.05) is 72.4 Å². The van der Waals surface area contributed by atoms with Crippen LogP contribution in [0.15, 0.2) is 65.8 Å². The summed E-state index contributed by atoms with van der Waals surface area (Å²) in [4.78, 5) is 0. The molecule has 0 saturated heterocycles. The predicted octanol–water partition coefficient (Wildman–Crippen LogP) is 2.92. The molecule has 3 aromatic rings. The molecule has 0 unspecified atom stereocenters. The Balaban J connectivity index is 1.59. The number of benzene rings is 2. The van der Waals surface area contributed by atoms with Crippen molar-refractivity contribution in [2.75, 3.05) is 11.6 Å². The van der Waals surface area contributed by atoms with E-state index in [1.165, 1.54) is 11.1 Å². The smallest absolute Gasteiger partial charge is 0.209 e. The summed E-state index contributed by atoms with van der Waals surface area (Å²) in [6.45, 7) is 0. The van der Waals surface area contributed by atoms with Gasteiger partial charge in [-0.05, 0) is 17.5 Å². The molecule has 1 heterocycles. The van der Waals surface area contributed by atoms with Gasteiger partial charge in [-0.2, -0.15) is 0 Å². The van der Waals surface area contributed by atoms with E-state index in [1.807, 2.05) is 24.3 Å². The summed E-state index contributed by atoms with van der Waals surface area (Å²) in [5, 5.41) is 9.16. The van der Waals surface area contributed by atoms with Crippen molar-refractivity contribution in [1.82, 2.24) is 14.9 Å². The quantitative estimate of drug-likeness (QED) is 0.562. The Morgan fingerprint density at radius 3 is 2.18 bits per heavy atom. The van der Waals surface area contributed by atoms with E-state index in [4.69, 9.17) is 5.84 Å². The van der Waals surface area contributed by atoms with E-state index in [0.717, 1.165) is 23.2 Å². The zero-order chi connectivity index (χ0) is 15.2. The van der Waals surface area contributed by atoms with E-state index >= 15 is 0 Å². The average molecular weight is 310 g/mol. The minimum atomic E-state index is 0.698. The first kappa shape index (κ1) is 14.7. The summed E-state index contributed by atoms with van der Waals surface area (Å²) in [5.74, 6) is 7.82. The van der Waals surface area contributed by atoms with Gasteiger partial charge in [0.1, 0.15) is 0 Å². The molecule has 0 fully saturated rings. The van der Waals surface area contributed by atoms with Crippen LogP contribution in [0.1, 0.15) is 17.0 Å². The lowest BCUT2D eigenvalue weighted by molar-refractivity contribution is 0.805. The highest BCUT2D eigenvalue weighted by molar-refractivity contribution is 7.99. The number of aromatic nitrogens is 3. The predicted molar refractivity (Wildman–Crippen MR) is 90.3 cm³/mol. The maximum Gasteiger partial charge on any atom is 0.209 e. The van der Waals surface area contributed by atoms with E-state index in [2.05, 4.69) is 46.6 Å². The van der Waals surface area contributed by atoms with Crippen LogP contribution in [0.5, 0.6) is 0 Å². The van der Waals surface area contributed by atoms with Gasteiger partial charge in [0.2, 0.25) is 5.16 Å². The molecule has 0 aliphatic rings. The minimum Gasteiger partial charge on any atom is -0.336 e. The molecular formula is C17H18N4S. The van der Waals surface area contributed by atoms with Gasteiger partial charge >= 0.3 is 0 Å². The second-order valence-corrected chi connectivity index (χ2v) is 6.08. The number of nitrogens with zero attached hydrogens (tertiary/aromatic N) is 3. The summed E-state index contributed by atoms with van der Waals surface area (Å²) in [6, 6.07) is 20.6. The van der Waals surface area contributed by atoms with Crippen LogP contribution in [0.4, 0.5) is 0 Å². The molecule has 3 rings (SSSR count). The highest BCUT2D eigenvalue weighted by atomic mass is 32.2. The van der Waals surface area contributed by atoms with E-state index in [-0.39, 0.29) is 0 Å². The molecule has 5 heteroatoms. The van der Waals surface area contributed by atoms with Gasteiger partial charge < -0.3 is 5.84 Å². The molecule has 1 aromatic heterocycles. The molecule has 0 spiro atoms. The molecule has 2 aromatic carbocycles. The van der Waals surface area contributed by atoms with Gasteiger partial charge in [0, 0.05) is 12.2 Å². The number of hydrogen-bond donors (Lipinski definition) is 1. The maximum atomic E-state index is 6.10. The molecule has 2 N–H and O–H groups in total.